The number of benzene rings is 2. The number of rotatable bonds is 8. The second kappa shape index (κ2) is 9.85. The quantitative estimate of drug-likeness (QED) is 0.381. The van der Waals surface area contributed by atoms with Gasteiger partial charge in [-0.25, -0.2) is 14.4 Å². The lowest BCUT2D eigenvalue weighted by molar-refractivity contribution is 0.306. The van der Waals surface area contributed by atoms with E-state index in [0.29, 0.717) is 37.3 Å². The Morgan fingerprint density at radius 1 is 0.964 bits per heavy atom. The maximum Gasteiger partial charge on any atom is 0.162 e. The normalized spacial score (nSPS) is 12.0. The van der Waals surface area contributed by atoms with Crippen molar-refractivity contribution in [1.29, 1.82) is 0 Å². The number of nitrogens with zero attached hydrogens (tertiary/aromatic N) is 2. The molecule has 0 N–H and O–H groups in total. The summed E-state index contributed by atoms with van der Waals surface area (Å²) in [6.07, 6.45) is 0.355. The topological polar surface area (TPSA) is 35.0 Å². The van der Waals surface area contributed by atoms with Crippen LogP contribution in [0.2, 0.25) is 10.3 Å². The predicted molar refractivity (Wildman–Crippen MR) is 112 cm³/mol. The second-order valence-corrected chi connectivity index (χ2v) is 7.17. The molecule has 0 aliphatic rings. The van der Waals surface area contributed by atoms with Crippen LogP contribution in [-0.2, 0) is 13.0 Å². The largest absolute Gasteiger partial charge is 0.489 e. The highest BCUT2D eigenvalue weighted by atomic mass is 35.5. The molecule has 1 atom stereocenters. The van der Waals surface area contributed by atoms with E-state index in [9.17, 15) is 4.39 Å². The summed E-state index contributed by atoms with van der Waals surface area (Å²) in [6.45, 7) is 2.30. The van der Waals surface area contributed by atoms with E-state index in [4.69, 9.17) is 27.9 Å². The molecule has 28 heavy (non-hydrogen) atoms. The van der Waals surface area contributed by atoms with E-state index in [2.05, 4.69) is 9.97 Å². The van der Waals surface area contributed by atoms with Crippen molar-refractivity contribution in [2.45, 2.75) is 39.0 Å². The van der Waals surface area contributed by atoms with E-state index in [1.807, 2.05) is 54.6 Å². The van der Waals surface area contributed by atoms with E-state index < -0.39 is 6.17 Å². The first-order valence-electron chi connectivity index (χ1n) is 9.20. The van der Waals surface area contributed by atoms with Crippen LogP contribution in [0.15, 0.2) is 54.6 Å². The van der Waals surface area contributed by atoms with Crippen molar-refractivity contribution in [3.8, 4) is 17.1 Å². The molecule has 1 aromatic heterocycles. The molecule has 146 valence electrons. The highest BCUT2D eigenvalue weighted by Gasteiger charge is 2.15. The van der Waals surface area contributed by atoms with Crippen LogP contribution in [0.25, 0.3) is 11.4 Å². The Morgan fingerprint density at radius 2 is 1.61 bits per heavy atom. The number of aromatic nitrogens is 2. The fourth-order valence-electron chi connectivity index (χ4n) is 2.71. The molecule has 3 rings (SSSR count). The Labute approximate surface area is 174 Å². The fraction of sp³-hybridized carbons (Fsp3) is 0.273. The first kappa shape index (κ1) is 20.6. The van der Waals surface area contributed by atoms with Crippen molar-refractivity contribution < 1.29 is 9.13 Å². The molecule has 3 aromatic rings. The van der Waals surface area contributed by atoms with Gasteiger partial charge < -0.3 is 4.74 Å². The van der Waals surface area contributed by atoms with Crippen LogP contribution in [-0.4, -0.2) is 16.1 Å². The molecule has 0 saturated heterocycles. The minimum Gasteiger partial charge on any atom is -0.489 e. The molecule has 0 saturated carbocycles. The molecule has 0 amide bonds. The molecular weight excluding hydrogens is 398 g/mol. The molecule has 0 aliphatic carbocycles. The van der Waals surface area contributed by atoms with Gasteiger partial charge in [-0.05, 0) is 49.1 Å². The molecule has 0 radical (unpaired) electrons. The van der Waals surface area contributed by atoms with Gasteiger partial charge in [0.05, 0.1) is 0 Å². The highest BCUT2D eigenvalue weighted by Crippen LogP contribution is 2.28. The zero-order chi connectivity index (χ0) is 19.9. The van der Waals surface area contributed by atoms with Crippen LogP contribution in [0.5, 0.6) is 5.75 Å². The van der Waals surface area contributed by atoms with E-state index in [0.717, 1.165) is 16.9 Å². The van der Waals surface area contributed by atoms with Gasteiger partial charge in [0.25, 0.3) is 0 Å². The zero-order valence-corrected chi connectivity index (χ0v) is 17.1. The molecule has 2 aromatic carbocycles. The van der Waals surface area contributed by atoms with Gasteiger partial charge in [-0.3, -0.25) is 0 Å². The molecule has 0 fully saturated rings. The summed E-state index contributed by atoms with van der Waals surface area (Å²) >= 11 is 12.6. The van der Waals surface area contributed by atoms with Crippen molar-refractivity contribution in [2.24, 2.45) is 0 Å². The van der Waals surface area contributed by atoms with Crippen LogP contribution in [0.3, 0.4) is 0 Å². The highest BCUT2D eigenvalue weighted by molar-refractivity contribution is 6.34. The lowest BCUT2D eigenvalue weighted by atomic mass is 10.1. The Kier molecular flexibility index (Phi) is 7.24. The minimum atomic E-state index is -0.879. The number of ether oxygens (including phenoxy) is 1. The number of alkyl halides is 1. The average Bonchev–Trinajstić information content (AvgIpc) is 2.72. The Bertz CT molecular complexity index is 881. The van der Waals surface area contributed by atoms with Gasteiger partial charge in [0, 0.05) is 11.1 Å². The average molecular weight is 419 g/mol. The SMILES string of the molecule is CC[C@H](F)CCc1c(Cl)nc(-c2ccc(OCc3ccccc3)cc2)nc1Cl. The van der Waals surface area contributed by atoms with Crippen molar-refractivity contribution in [1.82, 2.24) is 9.97 Å². The van der Waals surface area contributed by atoms with Gasteiger partial charge in [0.1, 0.15) is 28.8 Å². The van der Waals surface area contributed by atoms with Gasteiger partial charge in [0.15, 0.2) is 5.82 Å². The maximum absolute atomic E-state index is 13.5. The number of hydrogen-bond acceptors (Lipinski definition) is 3. The monoisotopic (exact) mass is 418 g/mol. The number of halogens is 3. The van der Waals surface area contributed by atoms with Crippen LogP contribution in [0.4, 0.5) is 4.39 Å². The van der Waals surface area contributed by atoms with E-state index in [-0.39, 0.29) is 10.3 Å². The van der Waals surface area contributed by atoms with E-state index in [1.54, 1.807) is 6.92 Å². The van der Waals surface area contributed by atoms with E-state index >= 15 is 0 Å². The van der Waals surface area contributed by atoms with Crippen LogP contribution in [0, 0.1) is 0 Å². The van der Waals surface area contributed by atoms with Crippen LogP contribution in [0.1, 0.15) is 30.9 Å². The summed E-state index contributed by atoms with van der Waals surface area (Å²) in [5.41, 5.74) is 2.47. The summed E-state index contributed by atoms with van der Waals surface area (Å²) in [5.74, 6) is 1.18. The smallest absolute Gasteiger partial charge is 0.162 e. The third kappa shape index (κ3) is 5.43. The first-order chi connectivity index (χ1) is 13.6. The molecule has 0 unspecified atom stereocenters. The lowest BCUT2D eigenvalue weighted by Crippen LogP contribution is -2.03. The zero-order valence-electron chi connectivity index (χ0n) is 15.5. The van der Waals surface area contributed by atoms with Crippen molar-refractivity contribution in [3.05, 3.63) is 76.0 Å². The standard InChI is InChI=1S/C22H21Cl2FN2O/c1-2-17(25)10-13-19-20(23)26-22(27-21(19)24)16-8-11-18(12-9-16)28-14-15-6-4-3-5-7-15/h3-9,11-12,17H,2,10,13-14H2,1H3/t17-/m0/s1. The lowest BCUT2D eigenvalue weighted by Gasteiger charge is -2.10. The number of hydrogen-bond donors (Lipinski definition) is 0. The Balaban J connectivity index is 1.69. The van der Waals surface area contributed by atoms with Gasteiger partial charge in [-0.15, -0.1) is 0 Å². The molecule has 0 bridgehead atoms. The predicted octanol–water partition coefficient (Wildman–Crippen LogP) is 6.71. The second-order valence-electron chi connectivity index (χ2n) is 6.45. The minimum absolute atomic E-state index is 0.266. The Hall–Kier alpha value is -2.17. The van der Waals surface area contributed by atoms with Gasteiger partial charge >= 0.3 is 0 Å². The van der Waals surface area contributed by atoms with Crippen LogP contribution < -0.4 is 4.74 Å². The third-order valence-corrected chi connectivity index (χ3v) is 5.04. The fourth-order valence-corrected chi connectivity index (χ4v) is 3.29. The molecule has 6 heteroatoms. The molecule has 3 nitrogen and oxygen atoms in total. The summed E-state index contributed by atoms with van der Waals surface area (Å²) in [5, 5.41) is 0.533. The maximum atomic E-state index is 13.5. The Morgan fingerprint density at radius 3 is 2.21 bits per heavy atom. The molecule has 0 aliphatic heterocycles. The summed E-state index contributed by atoms with van der Waals surface area (Å²) in [6, 6.07) is 17.4. The first-order valence-corrected chi connectivity index (χ1v) is 9.95. The summed E-state index contributed by atoms with van der Waals surface area (Å²) in [4.78, 5) is 8.68. The van der Waals surface area contributed by atoms with Crippen molar-refractivity contribution >= 4 is 23.2 Å². The van der Waals surface area contributed by atoms with Gasteiger partial charge in [-0.2, -0.15) is 0 Å². The van der Waals surface area contributed by atoms with Gasteiger partial charge in [0.2, 0.25) is 0 Å². The summed E-state index contributed by atoms with van der Waals surface area (Å²) < 4.78 is 19.3. The third-order valence-electron chi connectivity index (χ3n) is 4.42. The van der Waals surface area contributed by atoms with Crippen LogP contribution >= 0.6 is 23.2 Å². The summed E-state index contributed by atoms with van der Waals surface area (Å²) in [7, 11) is 0. The van der Waals surface area contributed by atoms with Crippen molar-refractivity contribution in [3.63, 3.8) is 0 Å². The molecular formula is C22H21Cl2FN2O. The van der Waals surface area contributed by atoms with E-state index in [1.165, 1.54) is 0 Å². The molecule has 1 heterocycles. The van der Waals surface area contributed by atoms with Crippen molar-refractivity contribution in [2.75, 3.05) is 0 Å². The van der Waals surface area contributed by atoms with Gasteiger partial charge in [-0.1, -0.05) is 60.5 Å². The molecule has 0 spiro atoms.